The van der Waals surface area contributed by atoms with Crippen LogP contribution in [0.15, 0.2) is 73.1 Å². The molecule has 8 aromatic rings. The minimum absolute atomic E-state index is 0.534. The maximum atomic E-state index is 6.10. The molecule has 0 saturated carbocycles. The normalized spacial score (nSPS) is 13.8. The van der Waals surface area contributed by atoms with Crippen LogP contribution >= 0.6 is 0 Å². The van der Waals surface area contributed by atoms with E-state index in [1.807, 2.05) is 80.0 Å². The molecular weight excluding hydrogens is 1020 g/mol. The van der Waals surface area contributed by atoms with Crippen LogP contribution in [0.5, 0.6) is 23.0 Å². The van der Waals surface area contributed by atoms with Gasteiger partial charge in [-0.05, 0) is 165 Å². The summed E-state index contributed by atoms with van der Waals surface area (Å²) in [5.41, 5.74) is 35.6. The molecule has 2 aliphatic heterocycles. The van der Waals surface area contributed by atoms with E-state index in [1.54, 1.807) is 7.11 Å². The van der Waals surface area contributed by atoms with E-state index in [9.17, 15) is 0 Å². The third kappa shape index (κ3) is 17.8. The highest BCUT2D eigenvalue weighted by atomic mass is 16.5. The molecule has 0 aliphatic carbocycles. The van der Waals surface area contributed by atoms with Crippen molar-refractivity contribution in [3.8, 4) is 23.0 Å². The Morgan fingerprint density at radius 2 is 0.840 bits per heavy atom. The Balaban J connectivity index is 0.000000157. The number of H-pyrrole nitrogens is 4. The first-order chi connectivity index (χ1) is 39.3. The number of piperidine rings is 1. The van der Waals surface area contributed by atoms with E-state index in [0.29, 0.717) is 33.0 Å². The standard InChI is InChI=1S/C18H28N4O.C17H26N4O.C14H22N4O.C13H18N2O2/c1-13-14(2)21-18-16(6-5-15(19)17(13)18)23-12-8-20-7-11-22-9-3-4-10-22;18-15-4-5-16(17-14(15)6-7-20-17)22-13-9-19-8-12-21-10-2-1-3-11-21;1-18(2)9-7-16-8-10-19-13-4-3-12(15)11-5-6-17-14(11)13;1-8-9(2)15-13-11(17-7-6-16-3)5-4-10(14)12(8)13/h5-6,20-21H,3-4,7-12,19H2,1-2H3;4-7,19-20H,1-3,8-13,18H2;3-6,16-17H,7-10,15H2,1-2H3;4-5,15H,6-7,14H2,1-3H3. The molecule has 0 amide bonds. The molecule has 2 saturated heterocycles. The first-order valence-corrected chi connectivity index (χ1v) is 29.0. The molecule has 442 valence electrons. The molecule has 19 nitrogen and oxygen atoms in total. The number of aromatic amines is 4. The topological polar surface area (TPSA) is 259 Å². The Bertz CT molecular complexity index is 3130. The number of likely N-dealkylation sites (tertiary alicyclic amines) is 2. The zero-order valence-electron chi connectivity index (χ0n) is 49.4. The lowest BCUT2D eigenvalue weighted by Gasteiger charge is -2.26. The van der Waals surface area contributed by atoms with Crippen molar-refractivity contribution in [2.24, 2.45) is 0 Å². The monoisotopic (exact) mass is 1110 g/mol. The van der Waals surface area contributed by atoms with Crippen LogP contribution in [0.25, 0.3) is 43.6 Å². The molecular formula is C62H94N14O5. The number of rotatable bonds is 25. The molecule has 81 heavy (non-hydrogen) atoms. The van der Waals surface area contributed by atoms with Crippen molar-refractivity contribution in [2.45, 2.75) is 59.8 Å². The van der Waals surface area contributed by atoms with Gasteiger partial charge in [0, 0.05) is 134 Å². The number of hydrogen-bond acceptors (Lipinski definition) is 15. The van der Waals surface area contributed by atoms with Gasteiger partial charge in [-0.2, -0.15) is 0 Å². The van der Waals surface area contributed by atoms with E-state index in [1.165, 1.54) is 69.4 Å². The maximum Gasteiger partial charge on any atom is 0.143 e. The Hall–Kier alpha value is -6.84. The number of nitrogens with two attached hydrogens (primary N) is 4. The van der Waals surface area contributed by atoms with Crippen LogP contribution in [-0.2, 0) is 4.74 Å². The van der Waals surface area contributed by atoms with E-state index >= 15 is 0 Å². The van der Waals surface area contributed by atoms with E-state index in [-0.39, 0.29) is 0 Å². The van der Waals surface area contributed by atoms with Crippen LogP contribution in [0.3, 0.4) is 0 Å². The molecule has 10 rings (SSSR count). The van der Waals surface area contributed by atoms with E-state index < -0.39 is 0 Å². The highest BCUT2D eigenvalue weighted by Gasteiger charge is 2.15. The second-order valence-corrected chi connectivity index (χ2v) is 21.3. The van der Waals surface area contributed by atoms with Crippen molar-refractivity contribution in [1.29, 1.82) is 0 Å². The molecule has 0 atom stereocenters. The lowest BCUT2D eigenvalue weighted by molar-refractivity contribution is 0.147. The number of fused-ring (bicyclic) bond motifs is 4. The van der Waals surface area contributed by atoms with Gasteiger partial charge in [-0.1, -0.05) is 6.42 Å². The molecule has 2 fully saturated rings. The fraction of sp³-hybridized carbons (Fsp3) is 0.484. The first-order valence-electron chi connectivity index (χ1n) is 29.0. The van der Waals surface area contributed by atoms with Crippen molar-refractivity contribution in [3.63, 3.8) is 0 Å². The Kier molecular flexibility index (Phi) is 24.4. The number of methoxy groups -OCH3 is 1. The summed E-state index contributed by atoms with van der Waals surface area (Å²) in [5.74, 6) is 3.42. The Morgan fingerprint density at radius 1 is 0.457 bits per heavy atom. The zero-order valence-corrected chi connectivity index (χ0v) is 49.4. The number of aromatic nitrogens is 4. The molecule has 19 heteroatoms. The Labute approximate surface area is 479 Å². The Morgan fingerprint density at radius 3 is 1.26 bits per heavy atom. The summed E-state index contributed by atoms with van der Waals surface area (Å²) in [4.78, 5) is 20.3. The number of ether oxygens (including phenoxy) is 5. The predicted octanol–water partition coefficient (Wildman–Crippen LogP) is 8.31. The van der Waals surface area contributed by atoms with Gasteiger partial charge in [-0.15, -0.1) is 0 Å². The second-order valence-electron chi connectivity index (χ2n) is 21.3. The molecule has 4 aromatic carbocycles. The van der Waals surface area contributed by atoms with Gasteiger partial charge in [0.25, 0.3) is 0 Å². The van der Waals surface area contributed by atoms with Crippen molar-refractivity contribution < 1.29 is 23.7 Å². The largest absolute Gasteiger partial charge is 0.490 e. The summed E-state index contributed by atoms with van der Waals surface area (Å²) in [6.07, 6.45) is 10.6. The fourth-order valence-corrected chi connectivity index (χ4v) is 10.3. The minimum Gasteiger partial charge on any atom is -0.490 e. The van der Waals surface area contributed by atoms with Gasteiger partial charge in [-0.3, -0.25) is 0 Å². The van der Waals surface area contributed by atoms with Crippen molar-refractivity contribution >= 4 is 66.4 Å². The number of hydrogen-bond donors (Lipinski definition) is 11. The van der Waals surface area contributed by atoms with Crippen LogP contribution < -0.4 is 57.8 Å². The number of anilines is 4. The molecule has 15 N–H and O–H groups in total. The molecule has 0 bridgehead atoms. The summed E-state index contributed by atoms with van der Waals surface area (Å²) in [6, 6.07) is 19.2. The lowest BCUT2D eigenvalue weighted by Crippen LogP contribution is -2.36. The molecule has 0 spiro atoms. The lowest BCUT2D eigenvalue weighted by atomic mass is 10.1. The van der Waals surface area contributed by atoms with E-state index in [2.05, 4.69) is 85.5 Å². The average molecular weight is 1120 g/mol. The smallest absolute Gasteiger partial charge is 0.143 e. The number of likely N-dealkylation sites (N-methyl/N-ethyl adjacent to an activating group) is 1. The highest BCUT2D eigenvalue weighted by Crippen LogP contribution is 2.35. The van der Waals surface area contributed by atoms with Crippen LogP contribution in [0, 0.1) is 27.7 Å². The molecule has 2 aliphatic rings. The number of nitrogens with zero attached hydrogens (tertiary/aromatic N) is 3. The fourth-order valence-electron chi connectivity index (χ4n) is 10.3. The van der Waals surface area contributed by atoms with Crippen LogP contribution in [0.4, 0.5) is 22.7 Å². The van der Waals surface area contributed by atoms with Crippen molar-refractivity contribution in [3.05, 3.63) is 95.6 Å². The van der Waals surface area contributed by atoms with Crippen molar-refractivity contribution in [2.75, 3.05) is 162 Å². The highest BCUT2D eigenvalue weighted by molar-refractivity contribution is 5.99. The summed E-state index contributed by atoms with van der Waals surface area (Å²) < 4.78 is 28.2. The maximum absolute atomic E-state index is 6.10. The molecule has 0 unspecified atom stereocenters. The number of benzene rings is 4. The van der Waals surface area contributed by atoms with Gasteiger partial charge in [0.2, 0.25) is 0 Å². The van der Waals surface area contributed by atoms with Crippen molar-refractivity contribution in [1.82, 2.24) is 50.6 Å². The SMILES string of the molecule is CN(C)CCNCCOc1ccc(N)c2cc[nH]c12.COCCOc1ccc(N)c2c(C)c(C)[nH]c12.Cc1[nH]c2c(OCCNCCN3CCCC3)ccc(N)c2c1C.Nc1ccc(OCCNCCN2CCCCC2)c2[nH]ccc12. The van der Waals surface area contributed by atoms with Crippen LogP contribution in [-0.4, -0.2) is 174 Å². The van der Waals surface area contributed by atoms with Crippen LogP contribution in [0.2, 0.25) is 0 Å². The predicted molar refractivity (Wildman–Crippen MR) is 337 cm³/mol. The molecule has 6 heterocycles. The number of nitrogens with one attached hydrogen (secondary N) is 7. The molecule has 0 radical (unpaired) electrons. The number of aryl methyl sites for hydroxylation is 4. The van der Waals surface area contributed by atoms with Gasteiger partial charge in [0.1, 0.15) is 49.4 Å². The third-order valence-electron chi connectivity index (χ3n) is 15.1. The summed E-state index contributed by atoms with van der Waals surface area (Å²) in [7, 11) is 5.79. The second kappa shape index (κ2) is 32.0. The third-order valence-corrected chi connectivity index (χ3v) is 15.1. The quantitative estimate of drug-likeness (QED) is 0.0190. The summed E-state index contributed by atoms with van der Waals surface area (Å²) in [5, 5.41) is 14.4. The van der Waals surface area contributed by atoms with Crippen LogP contribution in [0.1, 0.15) is 54.6 Å². The average Bonchev–Trinajstić information content (AvgIpc) is 4.55. The summed E-state index contributed by atoms with van der Waals surface area (Å²) >= 11 is 0. The van der Waals surface area contributed by atoms with E-state index in [4.69, 9.17) is 46.6 Å². The van der Waals surface area contributed by atoms with Gasteiger partial charge in [0.05, 0.1) is 28.7 Å². The van der Waals surface area contributed by atoms with Gasteiger partial charge >= 0.3 is 0 Å². The van der Waals surface area contributed by atoms with Gasteiger partial charge in [0.15, 0.2) is 0 Å². The summed E-state index contributed by atoms with van der Waals surface area (Å²) in [6.45, 7) is 25.3. The minimum atomic E-state index is 0.534. The first kappa shape index (κ1) is 61.8. The van der Waals surface area contributed by atoms with Gasteiger partial charge in [-0.25, -0.2) is 0 Å². The zero-order chi connectivity index (χ0) is 57.5. The number of nitrogen functional groups attached to an aromatic ring is 4. The van der Waals surface area contributed by atoms with E-state index in [0.717, 1.165) is 160 Å². The molecule has 4 aromatic heterocycles. The van der Waals surface area contributed by atoms with Gasteiger partial charge < -0.3 is 97.2 Å².